The van der Waals surface area contributed by atoms with Crippen LogP contribution in [0.15, 0.2) is 0 Å². The van der Waals surface area contributed by atoms with Crippen LogP contribution in [0, 0.1) is 5.92 Å². The van der Waals surface area contributed by atoms with E-state index >= 15 is 0 Å². The molecular formula is C12H25NO2. The highest BCUT2D eigenvalue weighted by Gasteiger charge is 2.20. The molecule has 1 N–H and O–H groups in total. The van der Waals surface area contributed by atoms with Crippen LogP contribution in [0.5, 0.6) is 0 Å². The lowest BCUT2D eigenvalue weighted by Gasteiger charge is -2.06. The van der Waals surface area contributed by atoms with Gasteiger partial charge in [0.05, 0.1) is 13.2 Å². The zero-order valence-corrected chi connectivity index (χ0v) is 9.96. The Bertz CT molecular complexity index is 138. The molecular weight excluding hydrogens is 190 g/mol. The standard InChI is InChI=1S/C12H25NO2/c1-2-3-8-14-9-6-13-7-10-15-11-12-4-5-12/h12-13H,2-11H2,1H3. The van der Waals surface area contributed by atoms with Crippen molar-refractivity contribution in [2.45, 2.75) is 32.6 Å². The SMILES string of the molecule is CCCCOCCNCCOCC1CC1. The lowest BCUT2D eigenvalue weighted by atomic mass is 10.4. The zero-order valence-electron chi connectivity index (χ0n) is 9.96. The fourth-order valence-electron chi connectivity index (χ4n) is 1.30. The number of unbranched alkanes of at least 4 members (excludes halogenated alkanes) is 1. The van der Waals surface area contributed by atoms with Crippen molar-refractivity contribution in [3.8, 4) is 0 Å². The number of nitrogens with one attached hydrogen (secondary N) is 1. The van der Waals surface area contributed by atoms with E-state index in [-0.39, 0.29) is 0 Å². The number of hydrogen-bond acceptors (Lipinski definition) is 3. The number of ether oxygens (including phenoxy) is 2. The molecule has 1 saturated carbocycles. The van der Waals surface area contributed by atoms with Gasteiger partial charge in [-0.1, -0.05) is 13.3 Å². The van der Waals surface area contributed by atoms with E-state index in [4.69, 9.17) is 9.47 Å². The molecule has 1 aliphatic rings. The van der Waals surface area contributed by atoms with Gasteiger partial charge in [0.15, 0.2) is 0 Å². The Morgan fingerprint density at radius 3 is 2.47 bits per heavy atom. The van der Waals surface area contributed by atoms with Crippen LogP contribution in [-0.2, 0) is 9.47 Å². The number of rotatable bonds is 11. The van der Waals surface area contributed by atoms with Crippen molar-refractivity contribution in [3.63, 3.8) is 0 Å². The summed E-state index contributed by atoms with van der Waals surface area (Å²) in [5.41, 5.74) is 0. The van der Waals surface area contributed by atoms with Crippen molar-refractivity contribution in [2.24, 2.45) is 5.92 Å². The van der Waals surface area contributed by atoms with Gasteiger partial charge in [0.2, 0.25) is 0 Å². The summed E-state index contributed by atoms with van der Waals surface area (Å²) in [6.07, 6.45) is 5.13. The van der Waals surface area contributed by atoms with Crippen LogP contribution < -0.4 is 5.32 Å². The molecule has 0 aliphatic heterocycles. The molecule has 0 saturated heterocycles. The summed E-state index contributed by atoms with van der Waals surface area (Å²) in [7, 11) is 0. The van der Waals surface area contributed by atoms with E-state index in [1.54, 1.807) is 0 Å². The molecule has 1 fully saturated rings. The summed E-state index contributed by atoms with van der Waals surface area (Å²) in [5.74, 6) is 0.877. The topological polar surface area (TPSA) is 30.5 Å². The maximum Gasteiger partial charge on any atom is 0.0591 e. The van der Waals surface area contributed by atoms with Crippen LogP contribution in [0.2, 0.25) is 0 Å². The Labute approximate surface area is 93.5 Å². The van der Waals surface area contributed by atoms with Gasteiger partial charge in [-0.25, -0.2) is 0 Å². The van der Waals surface area contributed by atoms with Crippen molar-refractivity contribution < 1.29 is 9.47 Å². The molecule has 0 radical (unpaired) electrons. The summed E-state index contributed by atoms with van der Waals surface area (Å²) in [6, 6.07) is 0. The summed E-state index contributed by atoms with van der Waals surface area (Å²) in [4.78, 5) is 0. The van der Waals surface area contributed by atoms with Crippen LogP contribution in [-0.4, -0.2) is 39.5 Å². The van der Waals surface area contributed by atoms with Crippen LogP contribution in [0.1, 0.15) is 32.6 Å². The lowest BCUT2D eigenvalue weighted by molar-refractivity contribution is 0.115. The average Bonchev–Trinajstić information content (AvgIpc) is 3.05. The molecule has 3 heteroatoms. The minimum absolute atomic E-state index is 0.822. The molecule has 0 aromatic rings. The molecule has 0 bridgehead atoms. The van der Waals surface area contributed by atoms with Gasteiger partial charge in [-0.3, -0.25) is 0 Å². The highest BCUT2D eigenvalue weighted by molar-refractivity contribution is 4.71. The van der Waals surface area contributed by atoms with Crippen LogP contribution in [0.3, 0.4) is 0 Å². The van der Waals surface area contributed by atoms with Crippen molar-refractivity contribution >= 4 is 0 Å². The van der Waals surface area contributed by atoms with E-state index < -0.39 is 0 Å². The van der Waals surface area contributed by atoms with Gasteiger partial charge >= 0.3 is 0 Å². The van der Waals surface area contributed by atoms with Gasteiger partial charge in [0.1, 0.15) is 0 Å². The first-order chi connectivity index (χ1) is 7.43. The molecule has 3 nitrogen and oxygen atoms in total. The molecule has 0 unspecified atom stereocenters. The third kappa shape index (κ3) is 8.85. The van der Waals surface area contributed by atoms with Crippen LogP contribution >= 0.6 is 0 Å². The van der Waals surface area contributed by atoms with Crippen molar-refractivity contribution in [2.75, 3.05) is 39.5 Å². The Morgan fingerprint density at radius 1 is 1.07 bits per heavy atom. The number of hydrogen-bond donors (Lipinski definition) is 1. The summed E-state index contributed by atoms with van der Waals surface area (Å²) in [5, 5.41) is 3.31. The quantitative estimate of drug-likeness (QED) is 0.533. The molecule has 90 valence electrons. The Kier molecular flexibility index (Phi) is 7.88. The summed E-state index contributed by atoms with van der Waals surface area (Å²) < 4.78 is 10.9. The molecule has 0 spiro atoms. The van der Waals surface area contributed by atoms with Gasteiger partial charge in [-0.05, 0) is 25.2 Å². The van der Waals surface area contributed by atoms with Crippen LogP contribution in [0.4, 0.5) is 0 Å². The van der Waals surface area contributed by atoms with E-state index in [1.165, 1.54) is 25.7 Å². The fourth-order valence-corrected chi connectivity index (χ4v) is 1.30. The largest absolute Gasteiger partial charge is 0.380 e. The average molecular weight is 215 g/mol. The second-order valence-corrected chi connectivity index (χ2v) is 4.23. The van der Waals surface area contributed by atoms with E-state index in [0.717, 1.165) is 45.4 Å². The van der Waals surface area contributed by atoms with E-state index in [2.05, 4.69) is 12.2 Å². The molecule has 0 aromatic carbocycles. The zero-order chi connectivity index (χ0) is 10.8. The highest BCUT2D eigenvalue weighted by Crippen LogP contribution is 2.28. The first-order valence-electron chi connectivity index (χ1n) is 6.29. The van der Waals surface area contributed by atoms with Gasteiger partial charge < -0.3 is 14.8 Å². The molecule has 0 heterocycles. The minimum atomic E-state index is 0.822. The summed E-state index contributed by atoms with van der Waals surface area (Å²) >= 11 is 0. The van der Waals surface area contributed by atoms with Gasteiger partial charge in [0, 0.05) is 26.3 Å². The van der Waals surface area contributed by atoms with Crippen molar-refractivity contribution in [3.05, 3.63) is 0 Å². The first-order valence-corrected chi connectivity index (χ1v) is 6.29. The molecule has 0 amide bonds. The maximum absolute atomic E-state index is 5.50. The van der Waals surface area contributed by atoms with Crippen molar-refractivity contribution in [1.29, 1.82) is 0 Å². The lowest BCUT2D eigenvalue weighted by Crippen LogP contribution is -2.24. The summed E-state index contributed by atoms with van der Waals surface area (Å²) in [6.45, 7) is 7.60. The Morgan fingerprint density at radius 2 is 1.80 bits per heavy atom. The predicted octanol–water partition coefficient (Wildman–Crippen LogP) is 1.82. The van der Waals surface area contributed by atoms with Gasteiger partial charge in [0.25, 0.3) is 0 Å². The van der Waals surface area contributed by atoms with Gasteiger partial charge in [-0.15, -0.1) is 0 Å². The maximum atomic E-state index is 5.50. The van der Waals surface area contributed by atoms with E-state index in [1.807, 2.05) is 0 Å². The molecule has 0 aromatic heterocycles. The second kappa shape index (κ2) is 9.13. The Hall–Kier alpha value is -0.120. The third-order valence-corrected chi connectivity index (χ3v) is 2.54. The molecule has 1 aliphatic carbocycles. The minimum Gasteiger partial charge on any atom is -0.380 e. The smallest absolute Gasteiger partial charge is 0.0591 e. The van der Waals surface area contributed by atoms with Crippen molar-refractivity contribution in [1.82, 2.24) is 5.32 Å². The van der Waals surface area contributed by atoms with E-state index in [0.29, 0.717) is 0 Å². The second-order valence-electron chi connectivity index (χ2n) is 4.23. The fraction of sp³-hybridized carbons (Fsp3) is 1.00. The van der Waals surface area contributed by atoms with Crippen LogP contribution in [0.25, 0.3) is 0 Å². The molecule has 0 atom stereocenters. The Balaban J connectivity index is 1.62. The normalized spacial score (nSPS) is 15.8. The van der Waals surface area contributed by atoms with Gasteiger partial charge in [-0.2, -0.15) is 0 Å². The first kappa shape index (κ1) is 12.9. The molecule has 1 rings (SSSR count). The van der Waals surface area contributed by atoms with E-state index in [9.17, 15) is 0 Å². The molecule has 15 heavy (non-hydrogen) atoms. The third-order valence-electron chi connectivity index (χ3n) is 2.54. The monoisotopic (exact) mass is 215 g/mol. The predicted molar refractivity (Wildman–Crippen MR) is 62.1 cm³/mol. The highest BCUT2D eigenvalue weighted by atomic mass is 16.5.